The lowest BCUT2D eigenvalue weighted by Gasteiger charge is -2.19. The normalized spacial score (nSPS) is 14.0. The molecule has 9 nitrogen and oxygen atoms in total. The van der Waals surface area contributed by atoms with Gasteiger partial charge in [-0.25, -0.2) is 15.0 Å². The summed E-state index contributed by atoms with van der Waals surface area (Å²) in [6.07, 6.45) is 9.69. The van der Waals surface area contributed by atoms with Crippen molar-refractivity contribution in [3.8, 4) is 40.1 Å². The Hall–Kier alpha value is -13.2. The van der Waals surface area contributed by atoms with Crippen molar-refractivity contribution in [3.63, 3.8) is 0 Å². The molecule has 2 aliphatic rings. The summed E-state index contributed by atoms with van der Waals surface area (Å²) < 4.78 is 12.4. The number of para-hydroxylation sites is 5. The van der Waals surface area contributed by atoms with Crippen molar-refractivity contribution in [1.82, 2.24) is 37.6 Å². The minimum absolute atomic E-state index is 0.148. The van der Waals surface area contributed by atoms with E-state index in [1.165, 1.54) is 126 Å². The molecule has 0 saturated heterocycles. The fraction of sp³-hybridized carbons (Fsp3) is 0.0337. The average molecular weight is 1250 g/mol. The molecule has 0 radical (unpaired) electrons. The van der Waals surface area contributed by atoms with Crippen LogP contribution in [0.1, 0.15) is 29.2 Å². The van der Waals surface area contributed by atoms with Gasteiger partial charge < -0.3 is 13.5 Å². The third kappa shape index (κ3) is 6.74. The first-order valence-electron chi connectivity index (χ1n) is 33.7. The van der Waals surface area contributed by atoms with Gasteiger partial charge in [0.25, 0.3) is 0 Å². The molecule has 0 spiro atoms. The summed E-state index contributed by atoms with van der Waals surface area (Å²) >= 11 is 0. The Kier molecular flexibility index (Phi) is 10.1. The molecule has 0 N–H and O–H groups in total. The summed E-state index contributed by atoms with van der Waals surface area (Å²) in [6, 6.07) is 95.8. The highest BCUT2D eigenvalue weighted by Gasteiger charge is 2.37. The maximum atomic E-state index is 9.85. The number of rotatable bonds is 6. The van der Waals surface area contributed by atoms with E-state index >= 15 is 0 Å². The Bertz CT molecular complexity index is 7250. The quantitative estimate of drug-likeness (QED) is 0.166. The maximum Gasteiger partial charge on any atom is 0.235 e. The monoisotopic (exact) mass is 1250 g/mol. The van der Waals surface area contributed by atoms with E-state index in [-0.39, 0.29) is 6.04 Å². The molecular weight excluding hydrogens is 1200 g/mol. The molecule has 0 amide bonds. The number of hydrogen-bond donors (Lipinski definition) is 0. The molecule has 9 heteroatoms. The lowest BCUT2D eigenvalue weighted by molar-refractivity contribution is 0.684. The molecular formula is C89H51N9. The van der Waals surface area contributed by atoms with Gasteiger partial charge in [0.15, 0.2) is 0 Å². The molecule has 8 aromatic heterocycles. The summed E-state index contributed by atoms with van der Waals surface area (Å²) in [4.78, 5) is 16.0. The summed E-state index contributed by atoms with van der Waals surface area (Å²) in [5.41, 5.74) is 23.2. The van der Waals surface area contributed by atoms with Gasteiger partial charge in [-0.1, -0.05) is 182 Å². The zero-order chi connectivity index (χ0) is 63.8. The first-order chi connectivity index (χ1) is 48.6. The van der Waals surface area contributed by atoms with Gasteiger partial charge in [0.1, 0.15) is 5.65 Å². The highest BCUT2D eigenvalue weighted by Crippen LogP contribution is 2.55. The predicted octanol–water partition coefficient (Wildman–Crippen LogP) is 22.0. The van der Waals surface area contributed by atoms with Crippen molar-refractivity contribution in [2.45, 2.75) is 19.0 Å². The van der Waals surface area contributed by atoms with Gasteiger partial charge in [0.05, 0.1) is 78.5 Å². The molecule has 1 unspecified atom stereocenters. The Morgan fingerprint density at radius 1 is 0.439 bits per heavy atom. The van der Waals surface area contributed by atoms with Crippen molar-refractivity contribution < 1.29 is 0 Å². The van der Waals surface area contributed by atoms with Crippen molar-refractivity contribution in [2.75, 3.05) is 0 Å². The van der Waals surface area contributed by atoms with E-state index < -0.39 is 0 Å². The minimum atomic E-state index is 0.148. The number of aromatic nitrogens is 8. The molecule has 13 aromatic carbocycles. The van der Waals surface area contributed by atoms with Crippen LogP contribution in [-0.4, -0.2) is 37.6 Å². The fourth-order valence-electron chi connectivity index (χ4n) is 18.0. The van der Waals surface area contributed by atoms with Gasteiger partial charge in [0.2, 0.25) is 5.95 Å². The number of pyridine rings is 1. The highest BCUT2D eigenvalue weighted by molar-refractivity contribution is 6.37. The highest BCUT2D eigenvalue weighted by atomic mass is 15.2. The lowest BCUT2D eigenvalue weighted by Crippen LogP contribution is -2.06. The number of benzene rings is 13. The SMILES string of the molecule is N#Cc1ccc(-c2nc(-n3c4ccc5cc(-c6cccc7c8cc9c%10c%11ccccc%11ccc%10n(Cc%10ccc(-n%11c%12ccccc%12c%12cccnc%12%11)cc%10)c9c9c%10ccccc%10n(c67)c89)ccc5c4c4cc5c6ccccc6n6c5c(c43)C3=CC=CCC36)nc3ccccc23)cc1. The first kappa shape index (κ1) is 52.2. The van der Waals surface area contributed by atoms with Gasteiger partial charge in [0, 0.05) is 111 Å². The molecule has 1 aliphatic heterocycles. The van der Waals surface area contributed by atoms with Crippen LogP contribution in [0, 0.1) is 11.3 Å². The van der Waals surface area contributed by atoms with Crippen LogP contribution >= 0.6 is 0 Å². The molecule has 0 fully saturated rings. The zero-order valence-corrected chi connectivity index (χ0v) is 52.6. The molecule has 0 bridgehead atoms. The predicted molar refractivity (Wildman–Crippen MR) is 404 cm³/mol. The zero-order valence-electron chi connectivity index (χ0n) is 52.6. The maximum absolute atomic E-state index is 9.85. The number of hydrogen-bond acceptors (Lipinski definition) is 4. The standard InChI is InChI=1S/C89H51N9/c90-48-50-30-34-53(35-31-50)82-64-19-3-8-25-71(64)92-89(93-82)98-77-43-38-54-45-55(36-41-58(54)79(77)70-46-67-61-18-5-10-27-73(61)96-74-28-11-6-20-65(74)81(85(67)96)87(70)98)59-22-13-23-62-68-47-69-78-57-16-2-1-15-52(57)37-42-76(78)94(84(69)80-66-21-7-12-29-75(66)97(83(59)62)86(68)80)49-51-32-39-56(40-33-51)95-72-26-9-4-17-60(72)63-24-14-44-91-88(63)95/h1-27,29-47,74H,28,49H2. The average Bonchev–Trinajstić information content (AvgIpc) is 1.52. The van der Waals surface area contributed by atoms with E-state index in [1.54, 1.807) is 0 Å². The van der Waals surface area contributed by atoms with Crippen molar-refractivity contribution in [2.24, 2.45) is 0 Å². The number of allylic oxidation sites excluding steroid dienone is 4. The number of nitriles is 1. The summed E-state index contributed by atoms with van der Waals surface area (Å²) in [7, 11) is 0. The molecule has 1 aliphatic carbocycles. The Balaban J connectivity index is 0.755. The van der Waals surface area contributed by atoms with Crippen molar-refractivity contribution in [3.05, 3.63) is 296 Å². The fourth-order valence-corrected chi connectivity index (χ4v) is 18.0. The van der Waals surface area contributed by atoms with Gasteiger partial charge in [-0.15, -0.1) is 0 Å². The number of fused-ring (bicyclic) bond motifs is 28. The molecule has 0 saturated carbocycles. The minimum Gasteiger partial charge on any atom is -0.335 e. The third-order valence-corrected chi connectivity index (χ3v) is 22.0. The second kappa shape index (κ2) is 19.0. The van der Waals surface area contributed by atoms with Gasteiger partial charge in [-0.3, -0.25) is 9.13 Å². The first-order valence-corrected chi connectivity index (χ1v) is 33.7. The second-order valence-electron chi connectivity index (χ2n) is 26.8. The van der Waals surface area contributed by atoms with E-state index in [2.05, 4.69) is 271 Å². The summed E-state index contributed by atoms with van der Waals surface area (Å²) in [5.74, 6) is 0.603. The van der Waals surface area contributed by atoms with Crippen LogP contribution in [0.4, 0.5) is 0 Å². The third-order valence-electron chi connectivity index (χ3n) is 22.0. The van der Waals surface area contributed by atoms with E-state index in [0.29, 0.717) is 18.1 Å². The van der Waals surface area contributed by atoms with Crippen LogP contribution in [0.25, 0.3) is 197 Å². The smallest absolute Gasteiger partial charge is 0.235 e. The molecule has 9 heterocycles. The van der Waals surface area contributed by atoms with Crippen LogP contribution < -0.4 is 0 Å². The van der Waals surface area contributed by atoms with Gasteiger partial charge in [-0.05, 0) is 136 Å². The van der Waals surface area contributed by atoms with E-state index in [1.807, 2.05) is 36.5 Å². The van der Waals surface area contributed by atoms with Crippen LogP contribution in [0.15, 0.2) is 279 Å². The second-order valence-corrected chi connectivity index (χ2v) is 26.8. The van der Waals surface area contributed by atoms with Gasteiger partial charge >= 0.3 is 0 Å². The Morgan fingerprint density at radius 2 is 1.12 bits per heavy atom. The Labute approximate surface area is 558 Å². The molecule has 23 rings (SSSR count). The molecule has 1 atom stereocenters. The number of nitrogens with zero attached hydrogens (tertiary/aromatic N) is 9. The largest absolute Gasteiger partial charge is 0.335 e. The lowest BCUT2D eigenvalue weighted by atomic mass is 9.91. The Morgan fingerprint density at radius 3 is 1.98 bits per heavy atom. The van der Waals surface area contributed by atoms with Crippen LogP contribution in [-0.2, 0) is 6.54 Å². The van der Waals surface area contributed by atoms with Crippen molar-refractivity contribution >= 4 is 163 Å². The van der Waals surface area contributed by atoms with E-state index in [9.17, 15) is 5.26 Å². The van der Waals surface area contributed by atoms with Gasteiger partial charge in [-0.2, -0.15) is 5.26 Å². The van der Waals surface area contributed by atoms with Crippen molar-refractivity contribution in [1.29, 1.82) is 5.26 Å². The summed E-state index contributed by atoms with van der Waals surface area (Å²) in [5, 5.41) is 30.3. The van der Waals surface area contributed by atoms with Crippen LogP contribution in [0.3, 0.4) is 0 Å². The molecule has 452 valence electrons. The van der Waals surface area contributed by atoms with E-state index in [0.717, 1.165) is 83.6 Å². The topological polar surface area (TPSA) is 86.6 Å². The van der Waals surface area contributed by atoms with Crippen LogP contribution in [0.5, 0.6) is 0 Å². The summed E-state index contributed by atoms with van der Waals surface area (Å²) in [6.45, 7) is 0.680. The van der Waals surface area contributed by atoms with Crippen LogP contribution in [0.2, 0.25) is 0 Å². The van der Waals surface area contributed by atoms with E-state index in [4.69, 9.17) is 15.0 Å². The molecule has 21 aromatic rings. The molecule has 98 heavy (non-hydrogen) atoms.